The molecular weight excluding hydrogens is 208 g/mol. The lowest BCUT2D eigenvalue weighted by Gasteiger charge is -2.13. The molecule has 0 spiro atoms. The third-order valence-electron chi connectivity index (χ3n) is 2.81. The molecule has 5 nitrogen and oxygen atoms in total. The molecule has 1 heterocycles. The molecule has 0 saturated heterocycles. The van der Waals surface area contributed by atoms with Gasteiger partial charge in [-0.3, -0.25) is 14.9 Å². The molecule has 0 saturated carbocycles. The number of carbonyl (C=O) groups excluding carboxylic acids is 1. The third kappa shape index (κ3) is 2.03. The van der Waals surface area contributed by atoms with Crippen molar-refractivity contribution in [2.24, 2.45) is 0 Å². The van der Waals surface area contributed by atoms with E-state index in [1.807, 2.05) is 0 Å². The lowest BCUT2D eigenvalue weighted by atomic mass is 10.0. The van der Waals surface area contributed by atoms with Crippen LogP contribution in [0.15, 0.2) is 18.2 Å². The molecule has 5 heteroatoms. The Labute approximate surface area is 92.8 Å². The van der Waals surface area contributed by atoms with E-state index in [-0.39, 0.29) is 5.69 Å². The van der Waals surface area contributed by atoms with E-state index in [1.54, 1.807) is 17.0 Å². The summed E-state index contributed by atoms with van der Waals surface area (Å²) in [6.07, 6.45) is 2.58. The Balaban J connectivity index is 2.36. The summed E-state index contributed by atoms with van der Waals surface area (Å²) in [5.74, 6) is 0. The first kappa shape index (κ1) is 10.6. The maximum Gasteiger partial charge on any atom is 0.269 e. The Bertz CT molecular complexity index is 431. The van der Waals surface area contributed by atoms with Crippen LogP contribution >= 0.6 is 0 Å². The van der Waals surface area contributed by atoms with Crippen molar-refractivity contribution in [1.82, 2.24) is 4.90 Å². The van der Waals surface area contributed by atoms with Gasteiger partial charge < -0.3 is 4.90 Å². The number of nitrogens with zero attached hydrogens (tertiary/aromatic N) is 2. The number of carbonyl (C=O) groups is 1. The van der Waals surface area contributed by atoms with E-state index >= 15 is 0 Å². The highest BCUT2D eigenvalue weighted by Crippen LogP contribution is 2.22. The largest absolute Gasteiger partial charge is 0.341 e. The van der Waals surface area contributed by atoms with Crippen LogP contribution in [0.25, 0.3) is 0 Å². The lowest BCUT2D eigenvalue weighted by molar-refractivity contribution is -0.384. The number of non-ortho nitro benzene ring substituents is 1. The fourth-order valence-corrected chi connectivity index (χ4v) is 1.98. The van der Waals surface area contributed by atoms with E-state index < -0.39 is 4.92 Å². The van der Waals surface area contributed by atoms with E-state index in [4.69, 9.17) is 0 Å². The Hall–Kier alpha value is -1.91. The molecule has 0 radical (unpaired) electrons. The van der Waals surface area contributed by atoms with Gasteiger partial charge in [-0.2, -0.15) is 0 Å². The van der Waals surface area contributed by atoms with Crippen LogP contribution in [0.4, 0.5) is 5.69 Å². The molecule has 1 aliphatic heterocycles. The number of benzene rings is 1. The van der Waals surface area contributed by atoms with Gasteiger partial charge in [-0.25, -0.2) is 0 Å². The second-order valence-electron chi connectivity index (χ2n) is 3.89. The van der Waals surface area contributed by atoms with Crippen molar-refractivity contribution in [1.29, 1.82) is 0 Å². The summed E-state index contributed by atoms with van der Waals surface area (Å²) in [4.78, 5) is 22.6. The van der Waals surface area contributed by atoms with Crippen LogP contribution in [0.5, 0.6) is 0 Å². The van der Waals surface area contributed by atoms with Crippen LogP contribution in [0.2, 0.25) is 0 Å². The summed E-state index contributed by atoms with van der Waals surface area (Å²) in [6.45, 7) is 1.19. The molecule has 16 heavy (non-hydrogen) atoms. The quantitative estimate of drug-likeness (QED) is 0.431. The monoisotopic (exact) mass is 220 g/mol. The van der Waals surface area contributed by atoms with E-state index in [2.05, 4.69) is 0 Å². The zero-order valence-electron chi connectivity index (χ0n) is 8.76. The minimum Gasteiger partial charge on any atom is -0.341 e. The van der Waals surface area contributed by atoms with Crippen molar-refractivity contribution in [3.8, 4) is 0 Å². The van der Waals surface area contributed by atoms with Gasteiger partial charge in [-0.15, -0.1) is 0 Å². The Kier molecular flexibility index (Phi) is 2.85. The minimum absolute atomic E-state index is 0.0894. The van der Waals surface area contributed by atoms with Gasteiger partial charge in [0.15, 0.2) is 0 Å². The van der Waals surface area contributed by atoms with Gasteiger partial charge in [0, 0.05) is 25.2 Å². The summed E-state index contributed by atoms with van der Waals surface area (Å²) in [5, 5.41) is 10.6. The van der Waals surface area contributed by atoms with Gasteiger partial charge in [0.25, 0.3) is 5.69 Å². The van der Waals surface area contributed by atoms with Crippen LogP contribution in [0.3, 0.4) is 0 Å². The number of nitro groups is 1. The zero-order valence-corrected chi connectivity index (χ0v) is 8.76. The highest BCUT2D eigenvalue weighted by molar-refractivity contribution is 5.49. The first-order chi connectivity index (χ1) is 7.70. The number of hydrogen-bond donors (Lipinski definition) is 0. The van der Waals surface area contributed by atoms with Gasteiger partial charge in [0.1, 0.15) is 0 Å². The summed E-state index contributed by atoms with van der Waals surface area (Å²) >= 11 is 0. The highest BCUT2D eigenvalue weighted by Gasteiger charge is 2.16. The predicted molar refractivity (Wildman–Crippen MR) is 57.9 cm³/mol. The molecule has 0 atom stereocenters. The fraction of sp³-hybridized carbons (Fsp3) is 0.364. The van der Waals surface area contributed by atoms with E-state index in [1.165, 1.54) is 6.07 Å². The molecule has 1 amide bonds. The number of aryl methyl sites for hydroxylation is 1. The van der Waals surface area contributed by atoms with Crippen molar-refractivity contribution < 1.29 is 9.72 Å². The SMILES string of the molecule is O=CN1CCCc2ccc([N+](=O)[O-])cc2C1. The number of hydrogen-bond acceptors (Lipinski definition) is 3. The normalized spacial score (nSPS) is 15.1. The Morgan fingerprint density at radius 1 is 1.38 bits per heavy atom. The van der Waals surface area contributed by atoms with Crippen molar-refractivity contribution >= 4 is 12.1 Å². The zero-order chi connectivity index (χ0) is 11.5. The molecule has 0 unspecified atom stereocenters. The maximum absolute atomic E-state index is 10.7. The van der Waals surface area contributed by atoms with E-state index in [0.29, 0.717) is 13.1 Å². The summed E-state index contributed by atoms with van der Waals surface area (Å²) < 4.78 is 0. The second-order valence-corrected chi connectivity index (χ2v) is 3.89. The van der Waals surface area contributed by atoms with Crippen LogP contribution < -0.4 is 0 Å². The maximum atomic E-state index is 10.7. The predicted octanol–water partition coefficient (Wildman–Crippen LogP) is 1.50. The first-order valence-corrected chi connectivity index (χ1v) is 5.16. The molecule has 2 rings (SSSR count). The van der Waals surface area contributed by atoms with Crippen LogP contribution in [0, 0.1) is 10.1 Å². The second kappa shape index (κ2) is 4.30. The van der Waals surface area contributed by atoms with Gasteiger partial charge in [0.2, 0.25) is 6.41 Å². The summed E-state index contributed by atoms with van der Waals surface area (Å²) in [5.41, 5.74) is 2.08. The number of rotatable bonds is 2. The molecule has 1 aromatic carbocycles. The smallest absolute Gasteiger partial charge is 0.269 e. The van der Waals surface area contributed by atoms with Crippen LogP contribution in [0.1, 0.15) is 17.5 Å². The molecule has 1 aromatic rings. The lowest BCUT2D eigenvalue weighted by Crippen LogP contribution is -2.20. The third-order valence-corrected chi connectivity index (χ3v) is 2.81. The molecule has 84 valence electrons. The number of nitro benzene ring substituents is 1. The minimum atomic E-state index is -0.406. The number of amides is 1. The van der Waals surface area contributed by atoms with Gasteiger partial charge >= 0.3 is 0 Å². The Morgan fingerprint density at radius 2 is 2.19 bits per heavy atom. The summed E-state index contributed by atoms with van der Waals surface area (Å²) in [6, 6.07) is 4.88. The average Bonchev–Trinajstić information content (AvgIpc) is 2.49. The highest BCUT2D eigenvalue weighted by atomic mass is 16.6. The van der Waals surface area contributed by atoms with Crippen molar-refractivity contribution in [3.63, 3.8) is 0 Å². The summed E-state index contributed by atoms with van der Waals surface area (Å²) in [7, 11) is 0. The van der Waals surface area contributed by atoms with Gasteiger partial charge in [-0.05, 0) is 24.0 Å². The molecule has 0 fully saturated rings. The van der Waals surface area contributed by atoms with Crippen molar-refractivity contribution in [2.75, 3.05) is 6.54 Å². The Morgan fingerprint density at radius 3 is 2.88 bits per heavy atom. The fourth-order valence-electron chi connectivity index (χ4n) is 1.98. The van der Waals surface area contributed by atoms with Crippen molar-refractivity contribution in [3.05, 3.63) is 39.4 Å². The van der Waals surface area contributed by atoms with Gasteiger partial charge in [0.05, 0.1) is 4.92 Å². The number of fused-ring (bicyclic) bond motifs is 1. The van der Waals surface area contributed by atoms with E-state index in [0.717, 1.165) is 30.4 Å². The first-order valence-electron chi connectivity index (χ1n) is 5.16. The van der Waals surface area contributed by atoms with Crippen LogP contribution in [-0.4, -0.2) is 22.8 Å². The van der Waals surface area contributed by atoms with Crippen molar-refractivity contribution in [2.45, 2.75) is 19.4 Å². The molecule has 0 N–H and O–H groups in total. The molecular formula is C11H12N2O3. The molecule has 0 aromatic heterocycles. The van der Waals surface area contributed by atoms with Crippen LogP contribution in [-0.2, 0) is 17.8 Å². The van der Waals surface area contributed by atoms with E-state index in [9.17, 15) is 14.9 Å². The molecule has 0 aliphatic carbocycles. The molecule has 1 aliphatic rings. The molecule has 0 bridgehead atoms. The average molecular weight is 220 g/mol. The topological polar surface area (TPSA) is 63.5 Å². The standard InChI is InChI=1S/C11H12N2O3/c14-8-12-5-1-2-9-3-4-11(13(15)16)6-10(9)7-12/h3-4,6,8H,1-2,5,7H2. The van der Waals surface area contributed by atoms with Gasteiger partial charge in [-0.1, -0.05) is 6.07 Å².